The average Bonchev–Trinajstić information content (AvgIpc) is 2.56. The number of rotatable bonds is 4. The fraction of sp³-hybridized carbons (Fsp3) is 0.105. The minimum atomic E-state index is 0.836. The lowest BCUT2D eigenvalue weighted by molar-refractivity contribution is 0.813. The van der Waals surface area contributed by atoms with Crippen molar-refractivity contribution in [2.24, 2.45) is 0 Å². The van der Waals surface area contributed by atoms with E-state index in [0.717, 1.165) is 12.1 Å². The molecule has 1 aromatic heterocycles. The van der Waals surface area contributed by atoms with Gasteiger partial charge in [-0.25, -0.2) is 0 Å². The molecule has 2 heteroatoms. The van der Waals surface area contributed by atoms with Gasteiger partial charge in [-0.05, 0) is 35.4 Å². The molecule has 3 rings (SSSR count). The van der Waals surface area contributed by atoms with E-state index in [4.69, 9.17) is 0 Å². The van der Waals surface area contributed by atoms with Crippen molar-refractivity contribution in [3.05, 3.63) is 78.6 Å². The second-order valence-electron chi connectivity index (χ2n) is 5.06. The zero-order valence-corrected chi connectivity index (χ0v) is 12.1. The van der Waals surface area contributed by atoms with Crippen LogP contribution in [0.4, 0.5) is 0 Å². The molecule has 0 aliphatic heterocycles. The molecule has 0 atom stereocenters. The number of nitrogens with zero attached hydrogens (tertiary/aromatic N) is 1. The maximum absolute atomic E-state index is 4.32. The van der Waals surface area contributed by atoms with Crippen molar-refractivity contribution in [1.82, 2.24) is 10.3 Å². The van der Waals surface area contributed by atoms with Crippen molar-refractivity contribution >= 4 is 0 Å². The van der Waals surface area contributed by atoms with Gasteiger partial charge in [0.15, 0.2) is 0 Å². The van der Waals surface area contributed by atoms with Crippen LogP contribution in [0.2, 0.25) is 0 Å². The molecule has 2 aromatic carbocycles. The summed E-state index contributed by atoms with van der Waals surface area (Å²) in [5.74, 6) is 0. The first-order valence-electron chi connectivity index (χ1n) is 7.11. The van der Waals surface area contributed by atoms with Crippen LogP contribution in [0, 0.1) is 0 Å². The zero-order valence-electron chi connectivity index (χ0n) is 12.1. The summed E-state index contributed by atoms with van der Waals surface area (Å²) in [7, 11) is 1.95. The number of aromatic nitrogens is 1. The summed E-state index contributed by atoms with van der Waals surface area (Å²) in [5.41, 5.74) is 6.02. The Bertz CT molecular complexity index is 703. The van der Waals surface area contributed by atoms with Crippen LogP contribution in [0.1, 0.15) is 5.56 Å². The Labute approximate surface area is 125 Å². The van der Waals surface area contributed by atoms with E-state index in [2.05, 4.69) is 64.9 Å². The maximum atomic E-state index is 4.32. The Morgan fingerprint density at radius 2 is 1.38 bits per heavy atom. The highest BCUT2D eigenvalue weighted by atomic mass is 14.8. The highest BCUT2D eigenvalue weighted by Gasteiger charge is 2.01. The first-order chi connectivity index (χ1) is 10.4. The van der Waals surface area contributed by atoms with E-state index >= 15 is 0 Å². The minimum absolute atomic E-state index is 0.836. The van der Waals surface area contributed by atoms with Crippen LogP contribution in [-0.4, -0.2) is 12.0 Å². The largest absolute Gasteiger partial charge is 0.316 e. The normalized spacial score (nSPS) is 10.5. The summed E-state index contributed by atoms with van der Waals surface area (Å²) < 4.78 is 0. The predicted molar refractivity (Wildman–Crippen MR) is 87.9 cm³/mol. The SMILES string of the molecule is CNCc1cncc(-c2ccc(-c3ccccc3)cc2)c1. The number of pyridine rings is 1. The molecular formula is C19H18N2. The highest BCUT2D eigenvalue weighted by molar-refractivity contribution is 5.70. The Hall–Kier alpha value is -2.45. The van der Waals surface area contributed by atoms with Crippen molar-refractivity contribution in [3.63, 3.8) is 0 Å². The van der Waals surface area contributed by atoms with Gasteiger partial charge in [0.05, 0.1) is 0 Å². The third-order valence-corrected chi connectivity index (χ3v) is 3.50. The molecule has 0 spiro atoms. The molecule has 0 saturated carbocycles. The molecule has 21 heavy (non-hydrogen) atoms. The molecule has 2 nitrogen and oxygen atoms in total. The van der Waals surface area contributed by atoms with Gasteiger partial charge in [0, 0.05) is 24.5 Å². The second kappa shape index (κ2) is 6.33. The van der Waals surface area contributed by atoms with Gasteiger partial charge in [-0.15, -0.1) is 0 Å². The molecule has 0 unspecified atom stereocenters. The standard InChI is InChI=1S/C19H18N2/c1-20-12-15-11-19(14-21-13-15)18-9-7-17(8-10-18)16-5-3-2-4-6-16/h2-11,13-14,20H,12H2,1H3. The Balaban J connectivity index is 1.89. The third kappa shape index (κ3) is 3.18. The molecule has 0 amide bonds. The predicted octanol–water partition coefficient (Wildman–Crippen LogP) is 4.14. The first kappa shape index (κ1) is 13.5. The van der Waals surface area contributed by atoms with Crippen LogP contribution >= 0.6 is 0 Å². The van der Waals surface area contributed by atoms with Crippen molar-refractivity contribution in [2.45, 2.75) is 6.54 Å². The molecule has 0 saturated heterocycles. The van der Waals surface area contributed by atoms with Crippen molar-refractivity contribution in [2.75, 3.05) is 7.05 Å². The summed E-state index contributed by atoms with van der Waals surface area (Å²) in [5, 5.41) is 3.15. The lowest BCUT2D eigenvalue weighted by Crippen LogP contribution is -2.05. The third-order valence-electron chi connectivity index (χ3n) is 3.50. The summed E-state index contributed by atoms with van der Waals surface area (Å²) in [6.45, 7) is 0.836. The van der Waals surface area contributed by atoms with Crippen molar-refractivity contribution in [1.29, 1.82) is 0 Å². The van der Waals surface area contributed by atoms with Crippen LogP contribution < -0.4 is 5.32 Å². The molecule has 1 N–H and O–H groups in total. The summed E-state index contributed by atoms with van der Waals surface area (Å²) >= 11 is 0. The van der Waals surface area contributed by atoms with E-state index in [1.54, 1.807) is 0 Å². The monoisotopic (exact) mass is 274 g/mol. The van der Waals surface area contributed by atoms with Gasteiger partial charge in [0.2, 0.25) is 0 Å². The zero-order chi connectivity index (χ0) is 14.5. The first-order valence-corrected chi connectivity index (χ1v) is 7.11. The van der Waals surface area contributed by atoms with Crippen molar-refractivity contribution in [3.8, 4) is 22.3 Å². The van der Waals surface area contributed by atoms with Crippen LogP contribution in [0.25, 0.3) is 22.3 Å². The van der Waals surface area contributed by atoms with Gasteiger partial charge >= 0.3 is 0 Å². The summed E-state index contributed by atoms with van der Waals surface area (Å²) in [4.78, 5) is 4.32. The summed E-state index contributed by atoms with van der Waals surface area (Å²) in [6, 6.07) is 21.2. The Morgan fingerprint density at radius 1 is 0.762 bits per heavy atom. The number of nitrogens with one attached hydrogen (secondary N) is 1. The van der Waals surface area contributed by atoms with Crippen LogP contribution in [0.5, 0.6) is 0 Å². The fourth-order valence-electron chi connectivity index (χ4n) is 2.43. The molecule has 104 valence electrons. The second-order valence-corrected chi connectivity index (χ2v) is 5.06. The van der Waals surface area contributed by atoms with Crippen LogP contribution in [0.15, 0.2) is 73.1 Å². The van der Waals surface area contributed by atoms with E-state index in [0.29, 0.717) is 0 Å². The van der Waals surface area contributed by atoms with Gasteiger partial charge in [-0.2, -0.15) is 0 Å². The average molecular weight is 274 g/mol. The van der Waals surface area contributed by atoms with E-state index < -0.39 is 0 Å². The van der Waals surface area contributed by atoms with Crippen molar-refractivity contribution < 1.29 is 0 Å². The number of hydrogen-bond donors (Lipinski definition) is 1. The maximum Gasteiger partial charge on any atom is 0.0346 e. The van der Waals surface area contributed by atoms with Crippen LogP contribution in [0.3, 0.4) is 0 Å². The quantitative estimate of drug-likeness (QED) is 0.773. The van der Waals surface area contributed by atoms with Gasteiger partial charge in [-0.1, -0.05) is 54.6 Å². The van der Waals surface area contributed by atoms with Crippen LogP contribution in [-0.2, 0) is 6.54 Å². The molecule has 0 fully saturated rings. The molecule has 0 aliphatic rings. The highest BCUT2D eigenvalue weighted by Crippen LogP contribution is 2.24. The Morgan fingerprint density at radius 3 is 2.05 bits per heavy atom. The molecule has 3 aromatic rings. The molecule has 1 heterocycles. The lowest BCUT2D eigenvalue weighted by atomic mass is 10.0. The number of benzene rings is 2. The molecule has 0 aliphatic carbocycles. The molecular weight excluding hydrogens is 256 g/mol. The van der Waals surface area contributed by atoms with Gasteiger partial charge in [-0.3, -0.25) is 4.98 Å². The lowest BCUT2D eigenvalue weighted by Gasteiger charge is -2.06. The topological polar surface area (TPSA) is 24.9 Å². The summed E-state index contributed by atoms with van der Waals surface area (Å²) in [6.07, 6.45) is 3.81. The number of hydrogen-bond acceptors (Lipinski definition) is 2. The van der Waals surface area contributed by atoms with E-state index in [1.807, 2.05) is 25.5 Å². The van der Waals surface area contributed by atoms with Gasteiger partial charge in [0.25, 0.3) is 0 Å². The van der Waals surface area contributed by atoms with E-state index in [-0.39, 0.29) is 0 Å². The fourth-order valence-corrected chi connectivity index (χ4v) is 2.43. The van der Waals surface area contributed by atoms with E-state index in [9.17, 15) is 0 Å². The molecule has 0 radical (unpaired) electrons. The van der Waals surface area contributed by atoms with Gasteiger partial charge in [0.1, 0.15) is 0 Å². The Kier molecular flexibility index (Phi) is 4.08. The molecule has 0 bridgehead atoms. The smallest absolute Gasteiger partial charge is 0.0346 e. The minimum Gasteiger partial charge on any atom is -0.316 e. The van der Waals surface area contributed by atoms with Gasteiger partial charge < -0.3 is 5.32 Å². The van der Waals surface area contributed by atoms with E-state index in [1.165, 1.54) is 22.3 Å².